The molecule has 0 spiro atoms. The Hall–Kier alpha value is -1.54. The second-order valence-corrected chi connectivity index (χ2v) is 6.60. The van der Waals surface area contributed by atoms with Crippen molar-refractivity contribution in [3.8, 4) is 0 Å². The van der Waals surface area contributed by atoms with Crippen molar-refractivity contribution < 1.29 is 14.1 Å². The van der Waals surface area contributed by atoms with Crippen molar-refractivity contribution in [2.75, 3.05) is 33.4 Å². The third-order valence-corrected chi connectivity index (χ3v) is 4.86. The van der Waals surface area contributed by atoms with Crippen molar-refractivity contribution >= 4 is 30.1 Å². The summed E-state index contributed by atoms with van der Waals surface area (Å²) in [5.41, 5.74) is 2.67. The first-order valence-electron chi connectivity index (χ1n) is 8.25. The number of benzene rings is 1. The summed E-state index contributed by atoms with van der Waals surface area (Å²) in [6.45, 7) is 6.56. The smallest absolute Gasteiger partial charge is 0.252 e. The molecule has 0 radical (unpaired) electrons. The largest absolute Gasteiger partial charge is 0.383 e. The maximum Gasteiger partial charge on any atom is 0.252 e. The molecule has 0 fully saturated rings. The molecule has 1 aromatic carbocycles. The van der Waals surface area contributed by atoms with Crippen molar-refractivity contribution in [1.82, 2.24) is 15.8 Å². The maximum absolute atomic E-state index is 12.4. The van der Waals surface area contributed by atoms with Gasteiger partial charge in [-0.2, -0.15) is 0 Å². The molecule has 0 aliphatic carbocycles. The van der Waals surface area contributed by atoms with E-state index in [4.69, 9.17) is 9.26 Å². The summed E-state index contributed by atoms with van der Waals surface area (Å²) in [7, 11) is 1.67. The molecule has 0 atom stereocenters. The van der Waals surface area contributed by atoms with Crippen LogP contribution in [0.15, 0.2) is 33.7 Å². The molecule has 144 valence electrons. The average molecular weight is 400 g/mol. The van der Waals surface area contributed by atoms with Gasteiger partial charge < -0.3 is 19.9 Å². The average Bonchev–Trinajstić information content (AvgIpc) is 2.94. The summed E-state index contributed by atoms with van der Waals surface area (Å²) in [5, 5.41) is 10.1. The second kappa shape index (κ2) is 12.0. The number of hydrogen-bond acceptors (Lipinski definition) is 6. The van der Waals surface area contributed by atoms with Gasteiger partial charge in [0.1, 0.15) is 5.76 Å². The number of methoxy groups -OCH3 is 1. The lowest BCUT2D eigenvalue weighted by Crippen LogP contribution is -2.33. The van der Waals surface area contributed by atoms with Crippen LogP contribution in [0, 0.1) is 13.8 Å². The fourth-order valence-electron chi connectivity index (χ4n) is 2.30. The number of ether oxygens (including phenoxy) is 1. The highest BCUT2D eigenvalue weighted by molar-refractivity contribution is 7.98. The Morgan fingerprint density at radius 1 is 1.23 bits per heavy atom. The van der Waals surface area contributed by atoms with E-state index in [9.17, 15) is 4.79 Å². The highest BCUT2D eigenvalue weighted by Crippen LogP contribution is 2.28. The van der Waals surface area contributed by atoms with Gasteiger partial charge in [0, 0.05) is 43.0 Å². The first kappa shape index (κ1) is 22.5. The predicted octanol–water partition coefficient (Wildman–Crippen LogP) is 2.97. The van der Waals surface area contributed by atoms with Crippen LogP contribution < -0.4 is 10.6 Å². The highest BCUT2D eigenvalue weighted by atomic mass is 35.5. The summed E-state index contributed by atoms with van der Waals surface area (Å²) in [4.78, 5) is 13.4. The van der Waals surface area contributed by atoms with Gasteiger partial charge >= 0.3 is 0 Å². The van der Waals surface area contributed by atoms with Crippen LogP contribution in [0.25, 0.3) is 0 Å². The Morgan fingerprint density at radius 2 is 2.00 bits per heavy atom. The molecular formula is C18H26ClN3O3S. The van der Waals surface area contributed by atoms with Crippen LogP contribution in [-0.4, -0.2) is 44.4 Å². The van der Waals surface area contributed by atoms with E-state index in [1.165, 1.54) is 0 Å². The molecule has 0 aliphatic rings. The summed E-state index contributed by atoms with van der Waals surface area (Å²) < 4.78 is 10.2. The monoisotopic (exact) mass is 399 g/mol. The number of amides is 1. The zero-order chi connectivity index (χ0) is 18.1. The third-order valence-electron chi connectivity index (χ3n) is 3.76. The number of aromatic nitrogens is 1. The van der Waals surface area contributed by atoms with E-state index in [-0.39, 0.29) is 18.3 Å². The number of rotatable bonds is 10. The molecule has 0 aliphatic heterocycles. The quantitative estimate of drug-likeness (QED) is 0.472. The molecule has 2 N–H and O–H groups in total. The topological polar surface area (TPSA) is 76.4 Å². The summed E-state index contributed by atoms with van der Waals surface area (Å²) in [5.74, 6) is 1.49. The van der Waals surface area contributed by atoms with Crippen LogP contribution >= 0.6 is 24.2 Å². The number of hydrogen-bond donors (Lipinski definition) is 2. The summed E-state index contributed by atoms with van der Waals surface area (Å²) in [6.07, 6.45) is 0. The van der Waals surface area contributed by atoms with Crippen molar-refractivity contribution in [3.05, 3.63) is 46.8 Å². The fourth-order valence-corrected chi connectivity index (χ4v) is 3.50. The first-order valence-corrected chi connectivity index (χ1v) is 9.23. The van der Waals surface area contributed by atoms with E-state index >= 15 is 0 Å². The Bertz CT molecular complexity index is 675. The molecule has 0 bridgehead atoms. The normalized spacial score (nSPS) is 10.4. The molecule has 0 unspecified atom stereocenters. The lowest BCUT2D eigenvalue weighted by atomic mass is 10.2. The minimum atomic E-state index is -0.0598. The highest BCUT2D eigenvalue weighted by Gasteiger charge is 2.14. The molecule has 2 rings (SSSR count). The van der Waals surface area contributed by atoms with Crippen LogP contribution in [-0.2, 0) is 10.5 Å². The summed E-state index contributed by atoms with van der Waals surface area (Å²) >= 11 is 1.62. The van der Waals surface area contributed by atoms with Crippen LogP contribution in [0.1, 0.15) is 27.4 Å². The van der Waals surface area contributed by atoms with Gasteiger partial charge in [-0.15, -0.1) is 24.2 Å². The third kappa shape index (κ3) is 6.64. The number of nitrogens with one attached hydrogen (secondary N) is 2. The van der Waals surface area contributed by atoms with E-state index in [2.05, 4.69) is 15.8 Å². The predicted molar refractivity (Wildman–Crippen MR) is 106 cm³/mol. The van der Waals surface area contributed by atoms with E-state index in [1.807, 2.05) is 38.1 Å². The molecule has 2 aromatic rings. The molecule has 1 heterocycles. The maximum atomic E-state index is 12.4. The number of carbonyl (C=O) groups is 1. The Labute approximate surface area is 164 Å². The van der Waals surface area contributed by atoms with Crippen LogP contribution in [0.5, 0.6) is 0 Å². The number of carbonyl (C=O) groups excluding carboxylic acids is 1. The Balaban J connectivity index is 0.00000338. The molecule has 1 amide bonds. The molecule has 8 heteroatoms. The zero-order valence-corrected chi connectivity index (χ0v) is 17.0. The minimum absolute atomic E-state index is 0. The van der Waals surface area contributed by atoms with Crippen LogP contribution in [0.3, 0.4) is 0 Å². The van der Waals surface area contributed by atoms with Gasteiger partial charge in [0.05, 0.1) is 17.9 Å². The van der Waals surface area contributed by atoms with E-state index in [1.54, 1.807) is 18.9 Å². The fraction of sp³-hybridized carbons (Fsp3) is 0.444. The van der Waals surface area contributed by atoms with Crippen molar-refractivity contribution in [2.45, 2.75) is 24.5 Å². The number of halogens is 1. The Morgan fingerprint density at radius 3 is 2.69 bits per heavy atom. The first-order chi connectivity index (χ1) is 12.1. The van der Waals surface area contributed by atoms with Crippen molar-refractivity contribution in [1.29, 1.82) is 0 Å². The van der Waals surface area contributed by atoms with Gasteiger partial charge in [-0.05, 0) is 26.0 Å². The lowest BCUT2D eigenvalue weighted by Gasteiger charge is -2.10. The number of thioether (sulfide) groups is 1. The zero-order valence-electron chi connectivity index (χ0n) is 15.3. The van der Waals surface area contributed by atoms with Crippen molar-refractivity contribution in [2.24, 2.45) is 0 Å². The Kier molecular flexibility index (Phi) is 10.3. The molecule has 1 aromatic heterocycles. The van der Waals surface area contributed by atoms with Gasteiger partial charge in [0.15, 0.2) is 0 Å². The minimum Gasteiger partial charge on any atom is -0.383 e. The van der Waals surface area contributed by atoms with Crippen molar-refractivity contribution in [3.63, 3.8) is 0 Å². The van der Waals surface area contributed by atoms with E-state index in [0.29, 0.717) is 25.3 Å². The standard InChI is InChI=1S/C18H25N3O3S.ClH/c1-13-16(14(2)24-21-13)12-25-17-7-5-4-6-15(17)18(22)20-9-8-19-10-11-23-3;/h4-7,19H,8-12H2,1-3H3,(H,20,22);1H. The van der Waals surface area contributed by atoms with Gasteiger partial charge in [-0.25, -0.2) is 0 Å². The SMILES string of the molecule is COCCNCCNC(=O)c1ccccc1SCc1c(C)noc1C.Cl. The summed E-state index contributed by atoms with van der Waals surface area (Å²) in [6, 6.07) is 7.64. The van der Waals surface area contributed by atoms with Gasteiger partial charge in [-0.1, -0.05) is 17.3 Å². The second-order valence-electron chi connectivity index (χ2n) is 5.59. The number of aryl methyl sites for hydroxylation is 2. The molecular weight excluding hydrogens is 374 g/mol. The lowest BCUT2D eigenvalue weighted by molar-refractivity contribution is 0.0951. The van der Waals surface area contributed by atoms with Gasteiger partial charge in [0.2, 0.25) is 0 Å². The number of nitrogens with zero attached hydrogens (tertiary/aromatic N) is 1. The van der Waals surface area contributed by atoms with Crippen LogP contribution in [0.4, 0.5) is 0 Å². The van der Waals surface area contributed by atoms with E-state index < -0.39 is 0 Å². The molecule has 6 nitrogen and oxygen atoms in total. The molecule has 0 saturated heterocycles. The van der Waals surface area contributed by atoms with Gasteiger partial charge in [-0.3, -0.25) is 4.79 Å². The molecule has 26 heavy (non-hydrogen) atoms. The van der Waals surface area contributed by atoms with Gasteiger partial charge in [0.25, 0.3) is 5.91 Å². The van der Waals surface area contributed by atoms with E-state index in [0.717, 1.165) is 34.2 Å². The molecule has 0 saturated carbocycles. The van der Waals surface area contributed by atoms with Crippen LogP contribution in [0.2, 0.25) is 0 Å².